The van der Waals surface area contributed by atoms with E-state index in [9.17, 15) is 9.65 Å². The Kier molecular flexibility index (Phi) is 6.17. The molecule has 4 fully saturated rings. The van der Waals surface area contributed by atoms with Gasteiger partial charge in [0.15, 0.2) is 11.6 Å². The molecule has 9 rings (SSSR count). The van der Waals surface area contributed by atoms with Crippen LogP contribution in [0.15, 0.2) is 18.2 Å². The topological polar surface area (TPSA) is 113 Å². The second kappa shape index (κ2) is 10.00. The lowest BCUT2D eigenvalue weighted by atomic mass is 9.95. The van der Waals surface area contributed by atoms with Crippen molar-refractivity contribution in [3.63, 3.8) is 0 Å². The number of ether oxygens (including phenoxy) is 2. The third kappa shape index (κ3) is 4.00. The highest BCUT2D eigenvalue weighted by Crippen LogP contribution is 2.51. The second-order valence-electron chi connectivity index (χ2n) is 13.0. The Morgan fingerprint density at radius 3 is 3.02 bits per heavy atom. The quantitative estimate of drug-likeness (QED) is 0.300. The Hall–Kier alpha value is -3.50. The van der Waals surface area contributed by atoms with Gasteiger partial charge in [0.25, 0.3) is 0 Å². The van der Waals surface area contributed by atoms with Crippen LogP contribution in [0.1, 0.15) is 37.7 Å². The number of nitrogen functional groups attached to an aromatic ring is 1. The first-order chi connectivity index (χ1) is 21.8. The molecule has 4 saturated heterocycles. The molecule has 3 N–H and O–H groups in total. The maximum Gasteiger partial charge on any atom is 0.319 e. The molecule has 0 unspecified atom stereocenters. The van der Waals surface area contributed by atoms with Crippen LogP contribution in [-0.2, 0) is 0 Å². The molecule has 0 aliphatic carbocycles. The number of piperazine rings is 1. The maximum absolute atomic E-state index is 17.1. The average molecular weight is 650 g/mol. The fourth-order valence-corrected chi connectivity index (χ4v) is 9.80. The molecule has 5 aliphatic rings. The third-order valence-electron chi connectivity index (χ3n) is 10.5. The summed E-state index contributed by atoms with van der Waals surface area (Å²) in [6.45, 7) is 2.46. The van der Waals surface area contributed by atoms with Crippen LogP contribution in [-0.4, -0.2) is 77.6 Å². The van der Waals surface area contributed by atoms with Crippen molar-refractivity contribution in [1.29, 1.82) is 5.26 Å². The molecule has 4 aromatic rings. The molecule has 0 amide bonds. The molecular weight excluding hydrogens is 620 g/mol. The first kappa shape index (κ1) is 27.8. The number of aromatic nitrogens is 2. The number of halogens is 3. The van der Waals surface area contributed by atoms with Crippen LogP contribution in [0.25, 0.3) is 32.1 Å². The van der Waals surface area contributed by atoms with E-state index in [1.165, 1.54) is 11.3 Å². The molecule has 7 heterocycles. The summed E-state index contributed by atoms with van der Waals surface area (Å²) in [4.78, 5) is 14.0. The number of anilines is 2. The summed E-state index contributed by atoms with van der Waals surface area (Å²) in [5.74, 6) is 0.189. The summed E-state index contributed by atoms with van der Waals surface area (Å²) < 4.78 is 45.2. The van der Waals surface area contributed by atoms with Crippen molar-refractivity contribution < 1.29 is 18.3 Å². The summed E-state index contributed by atoms with van der Waals surface area (Å²) >= 11 is 8.38. The number of alkyl halides is 1. The van der Waals surface area contributed by atoms with Gasteiger partial charge in [0.05, 0.1) is 27.6 Å². The van der Waals surface area contributed by atoms with Gasteiger partial charge in [-0.15, -0.1) is 11.3 Å². The maximum atomic E-state index is 17.1. The highest BCUT2D eigenvalue weighted by atomic mass is 35.5. The Morgan fingerprint density at radius 1 is 1.27 bits per heavy atom. The number of benzene rings is 2. The van der Waals surface area contributed by atoms with Crippen LogP contribution in [0.2, 0.25) is 5.02 Å². The lowest BCUT2D eigenvalue weighted by Crippen LogP contribution is -2.60. The fourth-order valence-electron chi connectivity index (χ4n) is 8.52. The summed E-state index contributed by atoms with van der Waals surface area (Å²) in [5.41, 5.74) is 6.62. The van der Waals surface area contributed by atoms with Crippen molar-refractivity contribution in [3.05, 3.63) is 34.6 Å². The van der Waals surface area contributed by atoms with E-state index in [-0.39, 0.29) is 52.4 Å². The van der Waals surface area contributed by atoms with Gasteiger partial charge in [-0.2, -0.15) is 15.2 Å². The van der Waals surface area contributed by atoms with E-state index < -0.39 is 17.5 Å². The van der Waals surface area contributed by atoms with Crippen LogP contribution >= 0.6 is 22.9 Å². The number of hydrogen-bond acceptors (Lipinski definition) is 10. The zero-order valence-electron chi connectivity index (χ0n) is 24.3. The van der Waals surface area contributed by atoms with Gasteiger partial charge in [0.2, 0.25) is 0 Å². The number of thiophene rings is 1. The zero-order chi connectivity index (χ0) is 30.6. The fraction of sp³-hybridized carbons (Fsp3) is 0.469. The highest BCUT2D eigenvalue weighted by Gasteiger charge is 2.50. The van der Waals surface area contributed by atoms with Gasteiger partial charge < -0.3 is 25.4 Å². The lowest BCUT2D eigenvalue weighted by Gasteiger charge is -2.40. The first-order valence-electron chi connectivity index (χ1n) is 15.5. The predicted octanol–water partition coefficient (Wildman–Crippen LogP) is 5.41. The predicted molar refractivity (Wildman–Crippen MR) is 170 cm³/mol. The molecule has 9 nitrogen and oxygen atoms in total. The number of hydrogen-bond donors (Lipinski definition) is 2. The molecule has 45 heavy (non-hydrogen) atoms. The number of nitrogens with one attached hydrogen (secondary N) is 1. The van der Waals surface area contributed by atoms with Crippen LogP contribution in [0.3, 0.4) is 0 Å². The Labute approximate surface area is 266 Å². The zero-order valence-corrected chi connectivity index (χ0v) is 25.9. The average Bonchev–Trinajstić information content (AvgIpc) is 3.74. The molecular formula is C32H30ClF2N7O2S. The smallest absolute Gasteiger partial charge is 0.319 e. The Balaban J connectivity index is 1.25. The molecule has 2 aromatic heterocycles. The van der Waals surface area contributed by atoms with Gasteiger partial charge in [-0.3, -0.25) is 4.90 Å². The number of fused-ring (bicyclic) bond motifs is 7. The third-order valence-corrected chi connectivity index (χ3v) is 11.9. The van der Waals surface area contributed by atoms with Gasteiger partial charge in [-0.25, -0.2) is 8.78 Å². The summed E-state index contributed by atoms with van der Waals surface area (Å²) in [6.07, 6.45) is 3.34. The molecule has 0 spiro atoms. The minimum Gasteiger partial charge on any atom is -0.489 e. The van der Waals surface area contributed by atoms with Crippen molar-refractivity contribution in [2.75, 3.05) is 43.5 Å². The van der Waals surface area contributed by atoms with Gasteiger partial charge >= 0.3 is 6.01 Å². The van der Waals surface area contributed by atoms with Crippen LogP contribution in [0, 0.1) is 17.1 Å². The van der Waals surface area contributed by atoms with Crippen molar-refractivity contribution in [2.45, 2.75) is 61.9 Å². The highest BCUT2D eigenvalue weighted by molar-refractivity contribution is 7.23. The van der Waals surface area contributed by atoms with Gasteiger partial charge in [-0.05, 0) is 43.9 Å². The van der Waals surface area contributed by atoms with Gasteiger partial charge in [-0.1, -0.05) is 23.7 Å². The van der Waals surface area contributed by atoms with E-state index in [4.69, 9.17) is 31.8 Å². The SMILES string of the molecule is N#Cc1c(N)sc2cccc(-c3c(Cl)c4c5c(nc(OC[C@]67CCCN6C[C@@H](F)C7)nc5c3F)N3C[C@H]5CC[C@H](N5)[C@H]3CO4)c12. The lowest BCUT2D eigenvalue weighted by molar-refractivity contribution is 0.107. The largest absolute Gasteiger partial charge is 0.489 e. The molecule has 2 bridgehead atoms. The van der Waals surface area contributed by atoms with E-state index in [1.54, 1.807) is 12.1 Å². The first-order valence-corrected chi connectivity index (χ1v) is 16.7. The van der Waals surface area contributed by atoms with E-state index >= 15 is 4.39 Å². The van der Waals surface area contributed by atoms with Crippen LogP contribution in [0.4, 0.5) is 19.6 Å². The van der Waals surface area contributed by atoms with Crippen LogP contribution in [0.5, 0.6) is 11.8 Å². The molecule has 232 valence electrons. The Bertz CT molecular complexity index is 1950. The summed E-state index contributed by atoms with van der Waals surface area (Å²) in [5, 5.41) is 15.0. The molecule has 0 radical (unpaired) electrons. The van der Waals surface area contributed by atoms with Crippen molar-refractivity contribution in [1.82, 2.24) is 20.2 Å². The molecule has 2 aromatic carbocycles. The van der Waals surface area contributed by atoms with E-state index in [0.29, 0.717) is 59.0 Å². The van der Waals surface area contributed by atoms with E-state index in [2.05, 4.69) is 26.2 Å². The molecule has 13 heteroatoms. The number of rotatable bonds is 4. The van der Waals surface area contributed by atoms with Crippen LogP contribution < -0.4 is 25.4 Å². The minimum absolute atomic E-state index is 0.0326. The summed E-state index contributed by atoms with van der Waals surface area (Å²) in [6, 6.07) is 8.01. The van der Waals surface area contributed by atoms with E-state index in [1.807, 2.05) is 6.07 Å². The molecule has 5 aliphatic heterocycles. The minimum atomic E-state index is -0.901. The number of nitrogens with two attached hydrogens (primary N) is 1. The second-order valence-corrected chi connectivity index (χ2v) is 14.4. The monoisotopic (exact) mass is 649 g/mol. The normalized spacial score (nSPS) is 28.6. The van der Waals surface area contributed by atoms with Crippen molar-refractivity contribution >= 4 is 54.7 Å². The number of nitrogens with zero attached hydrogens (tertiary/aromatic N) is 5. The van der Waals surface area contributed by atoms with Crippen molar-refractivity contribution in [3.8, 4) is 29.0 Å². The molecule has 5 atom stereocenters. The van der Waals surface area contributed by atoms with Gasteiger partial charge in [0, 0.05) is 47.2 Å². The van der Waals surface area contributed by atoms with Gasteiger partial charge in [0.1, 0.15) is 41.8 Å². The van der Waals surface area contributed by atoms with Crippen molar-refractivity contribution in [2.24, 2.45) is 0 Å². The molecule has 0 saturated carbocycles. The Morgan fingerprint density at radius 2 is 2.16 bits per heavy atom. The van der Waals surface area contributed by atoms with E-state index in [0.717, 1.165) is 36.9 Å². The standard InChI is InChI=1S/C32H30ClF2N7O2S/c33-25-23(17-3-1-4-21-22(17)18(10-36)29(37)45-21)26(35)27-24-28(25)43-13-20-19-6-5-16(38-19)12-42(20)30(24)40-31(39-27)44-14-32-7-2-8-41(32)11-15(34)9-32/h1,3-4,15-16,19-20,38H,2,5-9,11-14,37H2/t15-,16+,19-,20+,32+/m0/s1. The number of nitriles is 1. The summed E-state index contributed by atoms with van der Waals surface area (Å²) in [7, 11) is 0.